The minimum Gasteiger partial charge on any atom is -0.295 e. The third-order valence-electron chi connectivity index (χ3n) is 2.01. The van der Waals surface area contributed by atoms with Gasteiger partial charge in [0, 0.05) is 7.79 Å². The van der Waals surface area contributed by atoms with Crippen LogP contribution in [0.3, 0.4) is 0 Å². The molecule has 0 N–H and O–H groups in total. The largest absolute Gasteiger partial charge is 0.295 e. The van der Waals surface area contributed by atoms with Crippen LogP contribution in [0.25, 0.3) is 0 Å². The average molecular weight is 178 g/mol. The number of hydrogen-bond acceptors (Lipinski definition) is 1. The van der Waals surface area contributed by atoms with Crippen LogP contribution < -0.4 is 0 Å². The predicted molar refractivity (Wildman–Crippen MR) is 55.5 cm³/mol. The molecule has 0 radical (unpaired) electrons. The van der Waals surface area contributed by atoms with Crippen molar-refractivity contribution in [2.75, 3.05) is 0 Å². The number of allylic oxidation sites excluding steroid dienone is 6. The normalized spacial score (nSPS) is 19.7. The lowest BCUT2D eigenvalue weighted by Gasteiger charge is -1.98. The van der Waals surface area contributed by atoms with Crippen molar-refractivity contribution in [2.45, 2.75) is 33.1 Å². The van der Waals surface area contributed by atoms with Crippen LogP contribution in [-0.2, 0) is 4.79 Å². The zero-order valence-electron chi connectivity index (χ0n) is 9.21. The molecule has 0 saturated carbocycles. The van der Waals surface area contributed by atoms with Crippen molar-refractivity contribution in [3.8, 4) is 0 Å². The Labute approximate surface area is 81.2 Å². The van der Waals surface area contributed by atoms with Crippen molar-refractivity contribution in [3.05, 3.63) is 35.5 Å². The van der Waals surface area contributed by atoms with Crippen molar-refractivity contribution in [2.24, 2.45) is 0 Å². The van der Waals surface area contributed by atoms with E-state index in [2.05, 4.69) is 12.2 Å². The second kappa shape index (κ2) is 4.80. The number of Topliss-reactive ketones (excluding diaryl/α,β-unsaturated/α-hetero) is 1. The zero-order chi connectivity index (χ0) is 10.6. The molecular formula is C12H16O. The van der Waals surface area contributed by atoms with Crippen molar-refractivity contribution in [1.82, 2.24) is 0 Å². The fourth-order valence-electron chi connectivity index (χ4n) is 1.26. The van der Waals surface area contributed by atoms with E-state index < -0.39 is 0 Å². The molecule has 1 heteroatoms. The van der Waals surface area contributed by atoms with E-state index in [1.165, 1.54) is 0 Å². The maximum absolute atomic E-state index is 11.5. The van der Waals surface area contributed by atoms with Crippen LogP contribution in [0.2, 0.25) is 0 Å². The average Bonchev–Trinajstić information content (AvgIpc) is 2.55. The molecule has 0 aliphatic heterocycles. The molecule has 1 atom stereocenters. The highest BCUT2D eigenvalue weighted by Crippen LogP contribution is 2.13. The van der Waals surface area contributed by atoms with Gasteiger partial charge in [0.1, 0.15) is 0 Å². The van der Waals surface area contributed by atoms with E-state index in [4.69, 9.17) is 1.37 Å². The van der Waals surface area contributed by atoms with Crippen LogP contribution in [0.15, 0.2) is 35.5 Å². The molecule has 1 aliphatic rings. The van der Waals surface area contributed by atoms with Crippen LogP contribution in [0.5, 0.6) is 0 Å². The van der Waals surface area contributed by atoms with Crippen LogP contribution >= 0.6 is 0 Å². The van der Waals surface area contributed by atoms with E-state index >= 15 is 0 Å². The zero-order valence-corrected chi connectivity index (χ0v) is 8.21. The van der Waals surface area contributed by atoms with Gasteiger partial charge in [-0.05, 0) is 37.0 Å². The van der Waals surface area contributed by atoms with Gasteiger partial charge in [-0.2, -0.15) is 0 Å². The first-order valence-electron chi connectivity index (χ1n) is 5.18. The number of carbonyl (C=O) groups is 1. The standard InChI is InChI=1S/C12H16O/c1-3-6-12(13)10(2)9-11-7-4-5-8-11/h4,7-9H,3,5-6H2,1-2H3/b10-9+/i3T. The Balaban J connectivity index is 2.59. The fraction of sp³-hybridized carbons (Fsp3) is 0.417. The van der Waals surface area contributed by atoms with Crippen LogP contribution in [0.4, 0.5) is 0 Å². The monoisotopic (exact) mass is 178 g/mol. The summed E-state index contributed by atoms with van der Waals surface area (Å²) in [5.41, 5.74) is 1.86. The molecule has 0 fully saturated rings. The quantitative estimate of drug-likeness (QED) is 0.604. The minimum atomic E-state index is -0.307. The lowest BCUT2D eigenvalue weighted by atomic mass is 10.1. The fourth-order valence-corrected chi connectivity index (χ4v) is 1.26. The van der Waals surface area contributed by atoms with Gasteiger partial charge >= 0.3 is 0 Å². The molecule has 1 nitrogen and oxygen atoms in total. The maximum Gasteiger partial charge on any atom is 0.158 e. The van der Waals surface area contributed by atoms with E-state index in [0.717, 1.165) is 17.6 Å². The van der Waals surface area contributed by atoms with Gasteiger partial charge in [0.05, 0.1) is 0 Å². The summed E-state index contributed by atoms with van der Waals surface area (Å²) in [6.07, 6.45) is 9.03. The molecular weight excluding hydrogens is 160 g/mol. The molecule has 0 bridgehead atoms. The first-order chi connectivity index (χ1) is 6.59. The summed E-state index contributed by atoms with van der Waals surface area (Å²) < 4.78 is 7.31. The Morgan fingerprint density at radius 3 is 3.08 bits per heavy atom. The van der Waals surface area contributed by atoms with Crippen LogP contribution in [0, 0.1) is 0 Å². The predicted octanol–water partition coefficient (Wildman–Crippen LogP) is 3.19. The highest BCUT2D eigenvalue weighted by Gasteiger charge is 2.03. The molecule has 0 amide bonds. The highest BCUT2D eigenvalue weighted by molar-refractivity contribution is 5.95. The van der Waals surface area contributed by atoms with Crippen molar-refractivity contribution >= 4 is 5.78 Å². The maximum atomic E-state index is 11.5. The smallest absolute Gasteiger partial charge is 0.158 e. The second-order valence-corrected chi connectivity index (χ2v) is 3.21. The highest BCUT2D eigenvalue weighted by atomic mass is 16.1. The summed E-state index contributed by atoms with van der Waals surface area (Å²) in [5, 5.41) is 0. The van der Waals surface area contributed by atoms with Gasteiger partial charge < -0.3 is 0 Å². The molecule has 13 heavy (non-hydrogen) atoms. The molecule has 1 rings (SSSR count). The number of hydrogen-bond donors (Lipinski definition) is 0. The first-order valence-corrected chi connectivity index (χ1v) is 4.60. The number of ketones is 1. The third-order valence-corrected chi connectivity index (χ3v) is 2.01. The summed E-state index contributed by atoms with van der Waals surface area (Å²) in [7, 11) is 0. The molecule has 1 unspecified atom stereocenters. The molecule has 0 aromatic heterocycles. The van der Waals surface area contributed by atoms with Gasteiger partial charge in [-0.15, -0.1) is 0 Å². The first kappa shape index (κ1) is 8.49. The van der Waals surface area contributed by atoms with Crippen LogP contribution in [-0.4, -0.2) is 5.78 Å². The molecule has 0 spiro atoms. The minimum absolute atomic E-state index is 0.0775. The van der Waals surface area contributed by atoms with Gasteiger partial charge in [-0.25, -0.2) is 0 Å². The topological polar surface area (TPSA) is 17.1 Å². The Morgan fingerprint density at radius 1 is 1.77 bits per heavy atom. The van der Waals surface area contributed by atoms with Gasteiger partial charge in [-0.3, -0.25) is 4.79 Å². The van der Waals surface area contributed by atoms with Gasteiger partial charge in [0.25, 0.3) is 0 Å². The Kier molecular flexibility index (Phi) is 3.14. The summed E-state index contributed by atoms with van der Waals surface area (Å²) in [6, 6.07) is 0. The van der Waals surface area contributed by atoms with Crippen LogP contribution in [0.1, 0.15) is 34.5 Å². The molecule has 1 aliphatic carbocycles. The number of rotatable bonds is 4. The van der Waals surface area contributed by atoms with Gasteiger partial charge in [0.15, 0.2) is 5.78 Å². The Morgan fingerprint density at radius 2 is 2.54 bits per heavy atom. The molecule has 70 valence electrons. The Bertz CT molecular complexity index is 308. The van der Waals surface area contributed by atoms with E-state index in [9.17, 15) is 4.79 Å². The molecule has 0 heterocycles. The lowest BCUT2D eigenvalue weighted by Crippen LogP contribution is -1.98. The summed E-state index contributed by atoms with van der Waals surface area (Å²) >= 11 is 0. The second-order valence-electron chi connectivity index (χ2n) is 3.21. The summed E-state index contributed by atoms with van der Waals surface area (Å²) in [4.78, 5) is 11.5. The molecule has 0 aromatic carbocycles. The van der Waals surface area contributed by atoms with E-state index in [1.807, 2.05) is 19.1 Å². The van der Waals surface area contributed by atoms with Crippen molar-refractivity contribution in [1.29, 1.82) is 0 Å². The van der Waals surface area contributed by atoms with E-state index in [-0.39, 0.29) is 12.2 Å². The molecule has 0 saturated heterocycles. The van der Waals surface area contributed by atoms with Crippen molar-refractivity contribution in [3.63, 3.8) is 0 Å². The third kappa shape index (κ3) is 3.02. The van der Waals surface area contributed by atoms with Gasteiger partial charge in [0.2, 0.25) is 0 Å². The SMILES string of the molecule is [3H]C(C)CC(=O)/C(C)=C/C1=CCC=C1. The summed E-state index contributed by atoms with van der Waals surface area (Å²) in [5.74, 6) is 0.0775. The van der Waals surface area contributed by atoms with Crippen molar-refractivity contribution < 1.29 is 6.17 Å². The van der Waals surface area contributed by atoms with E-state index in [0.29, 0.717) is 6.42 Å². The number of carbonyl (C=O) groups excluding carboxylic acids is 1. The lowest BCUT2D eigenvalue weighted by molar-refractivity contribution is -0.115. The Hall–Kier alpha value is -1.11. The molecule has 0 aromatic rings. The summed E-state index contributed by atoms with van der Waals surface area (Å²) in [6.45, 7) is 3.55. The van der Waals surface area contributed by atoms with Gasteiger partial charge in [-0.1, -0.05) is 25.2 Å². The van der Waals surface area contributed by atoms with E-state index in [1.54, 1.807) is 6.92 Å².